The zero-order chi connectivity index (χ0) is 25.6. The maximum atomic E-state index is 13.3. The van der Waals surface area contributed by atoms with Crippen LogP contribution in [0.2, 0.25) is 0 Å². The van der Waals surface area contributed by atoms with Crippen molar-refractivity contribution in [2.45, 2.75) is 13.1 Å². The van der Waals surface area contributed by atoms with Crippen molar-refractivity contribution in [2.75, 3.05) is 0 Å². The lowest BCUT2D eigenvalue weighted by Crippen LogP contribution is -2.05. The van der Waals surface area contributed by atoms with Gasteiger partial charge in [0.1, 0.15) is 0 Å². The van der Waals surface area contributed by atoms with E-state index in [0.717, 1.165) is 50.1 Å². The van der Waals surface area contributed by atoms with Crippen LogP contribution < -0.4 is 0 Å². The third-order valence-corrected chi connectivity index (χ3v) is 6.58. The Morgan fingerprint density at radius 3 is 2.16 bits per heavy atom. The fourth-order valence-corrected chi connectivity index (χ4v) is 4.75. The van der Waals surface area contributed by atoms with Gasteiger partial charge in [0.2, 0.25) is 0 Å². The molecule has 6 aromatic rings. The van der Waals surface area contributed by atoms with E-state index in [4.69, 9.17) is 0 Å². The number of aromatic nitrogens is 2. The summed E-state index contributed by atoms with van der Waals surface area (Å²) in [5.74, 6) is 0. The minimum atomic E-state index is -4.38. The maximum Gasteiger partial charge on any atom is 0.416 e. The van der Waals surface area contributed by atoms with Crippen molar-refractivity contribution >= 4 is 21.8 Å². The molecule has 0 radical (unpaired) electrons. The van der Waals surface area contributed by atoms with Crippen molar-refractivity contribution in [3.05, 3.63) is 121 Å². The second kappa shape index (κ2) is 8.86. The second-order valence-corrected chi connectivity index (χ2v) is 9.17. The quantitative estimate of drug-likeness (QED) is 0.247. The van der Waals surface area contributed by atoms with E-state index in [0.29, 0.717) is 16.7 Å². The number of fused-ring (bicyclic) bond motifs is 2. The van der Waals surface area contributed by atoms with E-state index in [1.807, 2.05) is 30.3 Å². The Labute approximate surface area is 212 Å². The zero-order valence-corrected chi connectivity index (χ0v) is 19.9. The molecule has 0 aliphatic heterocycles. The van der Waals surface area contributed by atoms with Crippen LogP contribution in [0.5, 0.6) is 0 Å². The standard InChI is InChI=1S/C32H21F3N2/c1-20-14-26(17-28(15-20)32(33,34)35)24-11-12-25-16-27(19-37-30(25)18-24)21-7-9-22(10-8-21)29-6-2-4-23-5-3-13-36-31(23)29/h2-19H,1H3. The van der Waals surface area contributed by atoms with Gasteiger partial charge in [0.15, 0.2) is 0 Å². The molecule has 6 rings (SSSR count). The molecule has 0 saturated heterocycles. The Balaban J connectivity index is 1.33. The van der Waals surface area contributed by atoms with E-state index in [2.05, 4.69) is 58.5 Å². The first-order valence-corrected chi connectivity index (χ1v) is 11.9. The normalized spacial score (nSPS) is 11.8. The second-order valence-electron chi connectivity index (χ2n) is 9.17. The van der Waals surface area contributed by atoms with Crippen LogP contribution >= 0.6 is 0 Å². The number of para-hydroxylation sites is 1. The number of pyridine rings is 2. The average molecular weight is 491 g/mol. The van der Waals surface area contributed by atoms with Gasteiger partial charge in [-0.1, -0.05) is 66.7 Å². The fourth-order valence-electron chi connectivity index (χ4n) is 4.75. The number of aryl methyl sites for hydroxylation is 1. The molecule has 4 aromatic carbocycles. The van der Waals surface area contributed by atoms with Gasteiger partial charge in [-0.25, -0.2) is 0 Å². The van der Waals surface area contributed by atoms with Gasteiger partial charge in [0.05, 0.1) is 16.6 Å². The third-order valence-electron chi connectivity index (χ3n) is 6.58. The molecule has 0 atom stereocenters. The average Bonchev–Trinajstić information content (AvgIpc) is 2.91. The fraction of sp³-hybridized carbons (Fsp3) is 0.0625. The number of halogens is 3. The smallest absolute Gasteiger partial charge is 0.256 e. The van der Waals surface area contributed by atoms with Crippen molar-refractivity contribution in [1.82, 2.24) is 9.97 Å². The predicted octanol–water partition coefficient (Wildman–Crippen LogP) is 9.11. The lowest BCUT2D eigenvalue weighted by atomic mass is 9.97. The number of hydrogen-bond donors (Lipinski definition) is 0. The molecule has 37 heavy (non-hydrogen) atoms. The summed E-state index contributed by atoms with van der Waals surface area (Å²) in [4.78, 5) is 9.18. The van der Waals surface area contributed by atoms with Crippen molar-refractivity contribution in [3.63, 3.8) is 0 Å². The van der Waals surface area contributed by atoms with Crippen LogP contribution in [0, 0.1) is 6.92 Å². The van der Waals surface area contributed by atoms with Crippen LogP contribution in [0.1, 0.15) is 11.1 Å². The molecule has 0 amide bonds. The van der Waals surface area contributed by atoms with E-state index < -0.39 is 11.7 Å². The van der Waals surface area contributed by atoms with Crippen molar-refractivity contribution in [3.8, 4) is 33.4 Å². The molecule has 0 aliphatic carbocycles. The summed E-state index contributed by atoms with van der Waals surface area (Å²) in [6.45, 7) is 1.67. The lowest BCUT2D eigenvalue weighted by molar-refractivity contribution is -0.137. The van der Waals surface area contributed by atoms with Crippen molar-refractivity contribution < 1.29 is 13.2 Å². The van der Waals surface area contributed by atoms with Crippen LogP contribution in [0.15, 0.2) is 109 Å². The maximum absolute atomic E-state index is 13.3. The summed E-state index contributed by atoms with van der Waals surface area (Å²) in [5.41, 5.74) is 7.02. The first kappa shape index (κ1) is 22.9. The van der Waals surface area contributed by atoms with Gasteiger partial charge in [-0.05, 0) is 65.1 Å². The van der Waals surface area contributed by atoms with Crippen LogP contribution in [-0.2, 0) is 6.18 Å². The molecule has 2 aromatic heterocycles. The first-order valence-electron chi connectivity index (χ1n) is 11.9. The van der Waals surface area contributed by atoms with Gasteiger partial charge in [0.25, 0.3) is 0 Å². The van der Waals surface area contributed by atoms with Crippen molar-refractivity contribution in [1.29, 1.82) is 0 Å². The summed E-state index contributed by atoms with van der Waals surface area (Å²) in [6.07, 6.45) is -0.775. The summed E-state index contributed by atoms with van der Waals surface area (Å²) in [6, 6.07) is 30.2. The van der Waals surface area contributed by atoms with Gasteiger partial charge in [-0.3, -0.25) is 9.97 Å². The topological polar surface area (TPSA) is 25.8 Å². The van der Waals surface area contributed by atoms with E-state index in [1.54, 1.807) is 25.4 Å². The molecular weight excluding hydrogens is 469 g/mol. The number of hydrogen-bond acceptors (Lipinski definition) is 2. The first-order chi connectivity index (χ1) is 17.8. The molecule has 0 spiro atoms. The number of alkyl halides is 3. The summed E-state index contributed by atoms with van der Waals surface area (Å²) in [5, 5.41) is 2.02. The lowest BCUT2D eigenvalue weighted by Gasteiger charge is -2.12. The van der Waals surface area contributed by atoms with Crippen molar-refractivity contribution in [2.24, 2.45) is 0 Å². The molecule has 0 bridgehead atoms. The van der Waals surface area contributed by atoms with E-state index >= 15 is 0 Å². The van der Waals surface area contributed by atoms with Crippen LogP contribution in [0.3, 0.4) is 0 Å². The summed E-state index contributed by atoms with van der Waals surface area (Å²) < 4.78 is 39.9. The van der Waals surface area contributed by atoms with Gasteiger partial charge in [0, 0.05) is 34.3 Å². The Bertz CT molecular complexity index is 1770. The van der Waals surface area contributed by atoms with E-state index in [1.165, 1.54) is 6.07 Å². The van der Waals surface area contributed by atoms with E-state index in [9.17, 15) is 13.2 Å². The molecule has 0 saturated carbocycles. The summed E-state index contributed by atoms with van der Waals surface area (Å²) in [7, 11) is 0. The molecular formula is C32H21F3N2. The van der Waals surface area contributed by atoms with Gasteiger partial charge in [-0.2, -0.15) is 13.2 Å². The number of benzene rings is 4. The van der Waals surface area contributed by atoms with Crippen LogP contribution in [0.25, 0.3) is 55.2 Å². The molecule has 0 aliphatic rings. The molecule has 0 N–H and O–H groups in total. The highest BCUT2D eigenvalue weighted by molar-refractivity contribution is 5.94. The predicted molar refractivity (Wildman–Crippen MR) is 143 cm³/mol. The van der Waals surface area contributed by atoms with Crippen LogP contribution in [-0.4, -0.2) is 9.97 Å². The Hall–Kier alpha value is -4.51. The Morgan fingerprint density at radius 2 is 1.35 bits per heavy atom. The monoisotopic (exact) mass is 490 g/mol. The minimum absolute atomic E-state index is 0.526. The molecule has 0 fully saturated rings. The van der Waals surface area contributed by atoms with E-state index in [-0.39, 0.29) is 0 Å². The van der Waals surface area contributed by atoms with Gasteiger partial charge < -0.3 is 0 Å². The summed E-state index contributed by atoms with van der Waals surface area (Å²) >= 11 is 0. The van der Waals surface area contributed by atoms with Gasteiger partial charge in [-0.15, -0.1) is 0 Å². The highest BCUT2D eigenvalue weighted by Crippen LogP contribution is 2.35. The Kier molecular flexibility index (Phi) is 5.49. The zero-order valence-electron chi connectivity index (χ0n) is 19.9. The highest BCUT2D eigenvalue weighted by Gasteiger charge is 2.31. The van der Waals surface area contributed by atoms with Crippen LogP contribution in [0.4, 0.5) is 13.2 Å². The largest absolute Gasteiger partial charge is 0.416 e. The molecule has 2 nitrogen and oxygen atoms in total. The number of nitrogens with zero attached hydrogens (tertiary/aromatic N) is 2. The Morgan fingerprint density at radius 1 is 0.595 bits per heavy atom. The molecule has 180 valence electrons. The molecule has 5 heteroatoms. The highest BCUT2D eigenvalue weighted by atomic mass is 19.4. The third kappa shape index (κ3) is 4.45. The minimum Gasteiger partial charge on any atom is -0.256 e. The van der Waals surface area contributed by atoms with Gasteiger partial charge >= 0.3 is 6.18 Å². The SMILES string of the molecule is Cc1cc(-c2ccc3cc(-c4ccc(-c5cccc6cccnc56)cc4)cnc3c2)cc(C(F)(F)F)c1. The number of rotatable bonds is 3. The molecule has 0 unspecified atom stereocenters. The molecule has 2 heterocycles.